The van der Waals surface area contributed by atoms with E-state index >= 15 is 0 Å². The van der Waals surface area contributed by atoms with Crippen molar-refractivity contribution in [3.8, 4) is 0 Å². The van der Waals surface area contributed by atoms with Gasteiger partial charge >= 0.3 is 0 Å². The minimum Gasteiger partial charge on any atom is -0.380 e. The largest absolute Gasteiger partial charge is 0.380 e. The number of hydrogen-bond acceptors (Lipinski definition) is 2. The van der Waals surface area contributed by atoms with E-state index in [0.29, 0.717) is 0 Å². The van der Waals surface area contributed by atoms with Crippen LogP contribution in [-0.4, -0.2) is 26.3 Å². The molecule has 0 aromatic heterocycles. The van der Waals surface area contributed by atoms with Gasteiger partial charge in [-0.15, -0.1) is 0 Å². The van der Waals surface area contributed by atoms with Crippen molar-refractivity contribution in [3.05, 3.63) is 12.2 Å². The van der Waals surface area contributed by atoms with Crippen LogP contribution in [0.4, 0.5) is 0 Å². The molecule has 0 saturated heterocycles. The lowest BCUT2D eigenvalue weighted by atomic mass is 10.3. The Morgan fingerprint density at radius 2 is 2.18 bits per heavy atom. The van der Waals surface area contributed by atoms with Crippen LogP contribution in [0.15, 0.2) is 12.2 Å². The zero-order chi connectivity index (χ0) is 8.53. The van der Waals surface area contributed by atoms with Crippen molar-refractivity contribution >= 4 is 0 Å². The van der Waals surface area contributed by atoms with Crippen LogP contribution in [0.25, 0.3) is 0 Å². The Hall–Kier alpha value is -0.340. The topological polar surface area (TPSA) is 21.3 Å². The van der Waals surface area contributed by atoms with E-state index in [2.05, 4.69) is 18.8 Å². The van der Waals surface area contributed by atoms with E-state index in [-0.39, 0.29) is 0 Å². The van der Waals surface area contributed by atoms with Crippen LogP contribution in [-0.2, 0) is 4.74 Å². The Morgan fingerprint density at radius 1 is 1.45 bits per heavy atom. The van der Waals surface area contributed by atoms with Crippen LogP contribution in [0.2, 0.25) is 0 Å². The highest BCUT2D eigenvalue weighted by atomic mass is 16.5. The minimum absolute atomic E-state index is 0.807. The fourth-order valence-corrected chi connectivity index (χ4v) is 0.693. The summed E-state index contributed by atoms with van der Waals surface area (Å²) >= 11 is 0. The van der Waals surface area contributed by atoms with Gasteiger partial charge < -0.3 is 10.1 Å². The molecule has 0 amide bonds. The lowest BCUT2D eigenvalue weighted by Crippen LogP contribution is -2.21. The highest BCUT2D eigenvalue weighted by Crippen LogP contribution is 1.82. The zero-order valence-electron chi connectivity index (χ0n) is 7.65. The molecule has 0 bridgehead atoms. The van der Waals surface area contributed by atoms with E-state index in [1.165, 1.54) is 5.57 Å². The summed E-state index contributed by atoms with van der Waals surface area (Å²) in [5.74, 6) is 0. The maximum Gasteiger partial charge on any atom is 0.0591 e. The van der Waals surface area contributed by atoms with Gasteiger partial charge in [0, 0.05) is 19.7 Å². The molecule has 0 rings (SSSR count). The van der Waals surface area contributed by atoms with Gasteiger partial charge in [0.1, 0.15) is 0 Å². The highest BCUT2D eigenvalue weighted by molar-refractivity contribution is 4.90. The first-order chi connectivity index (χ1) is 5.27. The first kappa shape index (κ1) is 10.7. The lowest BCUT2D eigenvalue weighted by Gasteiger charge is -2.04. The maximum absolute atomic E-state index is 5.27. The van der Waals surface area contributed by atoms with E-state index in [0.717, 1.165) is 32.7 Å². The van der Waals surface area contributed by atoms with Crippen molar-refractivity contribution in [1.29, 1.82) is 0 Å². The number of rotatable bonds is 7. The van der Waals surface area contributed by atoms with Crippen molar-refractivity contribution in [2.24, 2.45) is 0 Å². The van der Waals surface area contributed by atoms with Crippen molar-refractivity contribution in [1.82, 2.24) is 5.32 Å². The van der Waals surface area contributed by atoms with E-state index < -0.39 is 0 Å². The molecule has 0 aromatic rings. The Labute approximate surface area is 69.6 Å². The van der Waals surface area contributed by atoms with Crippen LogP contribution in [0, 0.1) is 0 Å². The molecule has 11 heavy (non-hydrogen) atoms. The standard InChI is InChI=1S/C9H19NO/c1-4-6-11-7-5-10-8-9(2)3/h10H,2,4-8H2,1,3H3. The van der Waals surface area contributed by atoms with Gasteiger partial charge in [-0.3, -0.25) is 0 Å². The Morgan fingerprint density at radius 3 is 2.73 bits per heavy atom. The highest BCUT2D eigenvalue weighted by Gasteiger charge is 1.87. The Balaban J connectivity index is 2.85. The van der Waals surface area contributed by atoms with Crippen molar-refractivity contribution in [2.45, 2.75) is 20.3 Å². The summed E-state index contributed by atoms with van der Waals surface area (Å²) < 4.78 is 5.27. The third kappa shape index (κ3) is 9.66. The second-order valence-corrected chi connectivity index (χ2v) is 2.75. The molecular weight excluding hydrogens is 138 g/mol. The first-order valence-corrected chi connectivity index (χ1v) is 4.20. The van der Waals surface area contributed by atoms with Gasteiger partial charge in [-0.05, 0) is 13.3 Å². The predicted octanol–water partition coefficient (Wildman–Crippen LogP) is 1.58. The molecule has 2 heteroatoms. The molecule has 1 N–H and O–H groups in total. The fourth-order valence-electron chi connectivity index (χ4n) is 0.693. The summed E-state index contributed by atoms with van der Waals surface area (Å²) in [4.78, 5) is 0. The third-order valence-corrected chi connectivity index (χ3v) is 1.20. The maximum atomic E-state index is 5.27. The summed E-state index contributed by atoms with van der Waals surface area (Å²) in [6.45, 7) is 11.4. The molecule has 0 atom stereocenters. The quantitative estimate of drug-likeness (QED) is 0.447. The molecule has 0 saturated carbocycles. The summed E-state index contributed by atoms with van der Waals surface area (Å²) in [7, 11) is 0. The van der Waals surface area contributed by atoms with Crippen LogP contribution < -0.4 is 5.32 Å². The molecular formula is C9H19NO. The molecule has 66 valence electrons. The Kier molecular flexibility index (Phi) is 7.52. The molecule has 0 aliphatic heterocycles. The van der Waals surface area contributed by atoms with Gasteiger partial charge in [0.2, 0.25) is 0 Å². The minimum atomic E-state index is 0.807. The summed E-state index contributed by atoms with van der Waals surface area (Å²) in [6, 6.07) is 0. The van der Waals surface area contributed by atoms with Crippen LogP contribution in [0.3, 0.4) is 0 Å². The molecule has 0 aliphatic rings. The smallest absolute Gasteiger partial charge is 0.0591 e. The van der Waals surface area contributed by atoms with Crippen LogP contribution in [0.5, 0.6) is 0 Å². The summed E-state index contributed by atoms with van der Waals surface area (Å²) in [6.07, 6.45) is 1.10. The number of ether oxygens (including phenoxy) is 1. The second-order valence-electron chi connectivity index (χ2n) is 2.75. The molecule has 2 nitrogen and oxygen atoms in total. The molecule has 0 unspecified atom stereocenters. The average Bonchev–Trinajstić information content (AvgIpc) is 1.96. The number of hydrogen-bond donors (Lipinski definition) is 1. The van der Waals surface area contributed by atoms with E-state index in [4.69, 9.17) is 4.74 Å². The van der Waals surface area contributed by atoms with Gasteiger partial charge in [-0.2, -0.15) is 0 Å². The summed E-state index contributed by atoms with van der Waals surface area (Å²) in [5, 5.41) is 3.22. The normalized spacial score (nSPS) is 10.0. The van der Waals surface area contributed by atoms with Gasteiger partial charge in [-0.25, -0.2) is 0 Å². The molecule has 0 heterocycles. The third-order valence-electron chi connectivity index (χ3n) is 1.20. The lowest BCUT2D eigenvalue weighted by molar-refractivity contribution is 0.137. The fraction of sp³-hybridized carbons (Fsp3) is 0.778. The first-order valence-electron chi connectivity index (χ1n) is 4.20. The molecule has 0 spiro atoms. The SMILES string of the molecule is C=C(C)CNCCOCCC. The molecule has 0 fully saturated rings. The van der Waals surface area contributed by atoms with Crippen molar-refractivity contribution < 1.29 is 4.74 Å². The summed E-state index contributed by atoms with van der Waals surface area (Å²) in [5.41, 5.74) is 1.17. The molecule has 0 aliphatic carbocycles. The average molecular weight is 157 g/mol. The zero-order valence-corrected chi connectivity index (χ0v) is 7.65. The van der Waals surface area contributed by atoms with Gasteiger partial charge in [0.05, 0.1) is 6.61 Å². The Bertz CT molecular complexity index is 102. The monoisotopic (exact) mass is 157 g/mol. The van der Waals surface area contributed by atoms with Gasteiger partial charge in [0.15, 0.2) is 0 Å². The van der Waals surface area contributed by atoms with E-state index in [1.807, 2.05) is 6.92 Å². The van der Waals surface area contributed by atoms with E-state index in [9.17, 15) is 0 Å². The molecule has 0 aromatic carbocycles. The number of nitrogens with one attached hydrogen (secondary N) is 1. The second kappa shape index (κ2) is 7.76. The van der Waals surface area contributed by atoms with Crippen LogP contribution >= 0.6 is 0 Å². The predicted molar refractivity (Wildman–Crippen MR) is 48.8 cm³/mol. The van der Waals surface area contributed by atoms with E-state index in [1.54, 1.807) is 0 Å². The molecule has 0 radical (unpaired) electrons. The van der Waals surface area contributed by atoms with Crippen LogP contribution in [0.1, 0.15) is 20.3 Å². The van der Waals surface area contributed by atoms with Gasteiger partial charge in [0.25, 0.3) is 0 Å². The van der Waals surface area contributed by atoms with Crippen molar-refractivity contribution in [2.75, 3.05) is 26.3 Å². The van der Waals surface area contributed by atoms with Gasteiger partial charge in [-0.1, -0.05) is 19.1 Å². The van der Waals surface area contributed by atoms with Crippen molar-refractivity contribution in [3.63, 3.8) is 0 Å².